The number of hydrogen-bond acceptors (Lipinski definition) is 5. The zero-order valence-electron chi connectivity index (χ0n) is 14.7. The summed E-state index contributed by atoms with van der Waals surface area (Å²) < 4.78 is 5.27. The predicted octanol–water partition coefficient (Wildman–Crippen LogP) is 3.27. The second kappa shape index (κ2) is 7.86. The number of nitrogens with one attached hydrogen (secondary N) is 2. The van der Waals surface area contributed by atoms with E-state index < -0.39 is 10.8 Å². The molecule has 0 atom stereocenters. The fourth-order valence-corrected chi connectivity index (χ4v) is 2.49. The zero-order valence-corrected chi connectivity index (χ0v) is 14.7. The Balaban J connectivity index is 1.61. The third kappa shape index (κ3) is 4.81. The molecule has 3 rings (SSSR count). The average Bonchev–Trinajstić information content (AvgIpc) is 3.48. The first-order valence-corrected chi connectivity index (χ1v) is 8.51. The second-order valence-corrected chi connectivity index (χ2v) is 6.35. The number of carbonyl (C=O) groups is 2. The van der Waals surface area contributed by atoms with E-state index in [4.69, 9.17) is 4.74 Å². The van der Waals surface area contributed by atoms with E-state index in [1.165, 1.54) is 18.2 Å². The SMILES string of the molecule is Cc1ccc(NC(=O)COc2ccccc2[N+](=O)[O-])cc1NC(=O)C1CC1. The number of para-hydroxylation sites is 2. The number of rotatable bonds is 7. The van der Waals surface area contributed by atoms with Gasteiger partial charge < -0.3 is 15.4 Å². The molecule has 0 bridgehead atoms. The van der Waals surface area contributed by atoms with E-state index >= 15 is 0 Å². The van der Waals surface area contributed by atoms with Crippen molar-refractivity contribution in [3.63, 3.8) is 0 Å². The zero-order chi connectivity index (χ0) is 19.4. The van der Waals surface area contributed by atoms with Gasteiger partial charge in [0.25, 0.3) is 5.91 Å². The lowest BCUT2D eigenvalue weighted by Gasteiger charge is -2.12. The van der Waals surface area contributed by atoms with Gasteiger partial charge in [-0.1, -0.05) is 18.2 Å². The molecule has 2 aromatic carbocycles. The van der Waals surface area contributed by atoms with E-state index in [0.29, 0.717) is 11.4 Å². The Morgan fingerprint density at radius 1 is 1.19 bits per heavy atom. The summed E-state index contributed by atoms with van der Waals surface area (Å²) in [4.78, 5) is 34.4. The molecule has 1 fully saturated rings. The van der Waals surface area contributed by atoms with Gasteiger partial charge >= 0.3 is 5.69 Å². The quantitative estimate of drug-likeness (QED) is 0.575. The van der Waals surface area contributed by atoms with Gasteiger partial charge in [0.1, 0.15) is 0 Å². The highest BCUT2D eigenvalue weighted by Gasteiger charge is 2.29. The summed E-state index contributed by atoms with van der Waals surface area (Å²) >= 11 is 0. The van der Waals surface area contributed by atoms with E-state index in [-0.39, 0.29) is 29.9 Å². The minimum atomic E-state index is -0.567. The van der Waals surface area contributed by atoms with Crippen molar-refractivity contribution < 1.29 is 19.2 Å². The Bertz CT molecular complexity index is 893. The Kier molecular flexibility index (Phi) is 5.35. The number of nitro groups is 1. The molecule has 0 saturated heterocycles. The van der Waals surface area contributed by atoms with E-state index in [9.17, 15) is 19.7 Å². The Labute approximate surface area is 155 Å². The fourth-order valence-electron chi connectivity index (χ4n) is 2.49. The molecule has 1 aliphatic rings. The number of aryl methyl sites for hydroxylation is 1. The highest BCUT2D eigenvalue weighted by molar-refractivity contribution is 5.97. The van der Waals surface area contributed by atoms with Gasteiger partial charge in [-0.2, -0.15) is 0 Å². The summed E-state index contributed by atoms with van der Waals surface area (Å²) in [6.07, 6.45) is 1.81. The van der Waals surface area contributed by atoms with Crippen LogP contribution in [0.5, 0.6) is 5.75 Å². The second-order valence-electron chi connectivity index (χ2n) is 6.35. The van der Waals surface area contributed by atoms with E-state index in [1.54, 1.807) is 24.3 Å². The largest absolute Gasteiger partial charge is 0.477 e. The molecular formula is C19H19N3O5. The highest BCUT2D eigenvalue weighted by atomic mass is 16.6. The van der Waals surface area contributed by atoms with Crippen molar-refractivity contribution in [2.45, 2.75) is 19.8 Å². The van der Waals surface area contributed by atoms with Gasteiger partial charge in [-0.25, -0.2) is 0 Å². The average molecular weight is 369 g/mol. The first-order valence-electron chi connectivity index (χ1n) is 8.51. The van der Waals surface area contributed by atoms with Crippen LogP contribution < -0.4 is 15.4 Å². The lowest BCUT2D eigenvalue weighted by molar-refractivity contribution is -0.385. The van der Waals surface area contributed by atoms with Crippen LogP contribution in [0.2, 0.25) is 0 Å². The number of amides is 2. The maximum Gasteiger partial charge on any atom is 0.310 e. The molecule has 27 heavy (non-hydrogen) atoms. The molecule has 8 heteroatoms. The summed E-state index contributed by atoms with van der Waals surface area (Å²) in [6.45, 7) is 1.49. The summed E-state index contributed by atoms with van der Waals surface area (Å²) in [5.74, 6) is -0.366. The summed E-state index contributed by atoms with van der Waals surface area (Å²) in [5, 5.41) is 16.5. The van der Waals surface area contributed by atoms with Gasteiger partial charge in [0.2, 0.25) is 5.91 Å². The maximum absolute atomic E-state index is 12.1. The molecule has 2 amide bonds. The van der Waals surface area contributed by atoms with Crippen LogP contribution in [0.3, 0.4) is 0 Å². The Morgan fingerprint density at radius 2 is 1.93 bits per heavy atom. The molecule has 140 valence electrons. The van der Waals surface area contributed by atoms with Crippen molar-refractivity contribution in [3.8, 4) is 5.75 Å². The number of carbonyl (C=O) groups excluding carboxylic acids is 2. The molecule has 1 saturated carbocycles. The first kappa shape index (κ1) is 18.4. The van der Waals surface area contributed by atoms with Gasteiger partial charge in [-0.3, -0.25) is 19.7 Å². The molecule has 0 aromatic heterocycles. The van der Waals surface area contributed by atoms with Crippen molar-refractivity contribution in [2.75, 3.05) is 17.2 Å². The molecule has 0 spiro atoms. The standard InChI is InChI=1S/C19H19N3O5/c1-12-6-9-14(10-15(12)21-19(24)13-7-8-13)20-18(23)11-27-17-5-3-2-4-16(17)22(25)26/h2-6,9-10,13H,7-8,11H2,1H3,(H,20,23)(H,21,24). The smallest absolute Gasteiger partial charge is 0.310 e. The molecule has 2 N–H and O–H groups in total. The summed E-state index contributed by atoms with van der Waals surface area (Å²) in [6, 6.07) is 11.0. The van der Waals surface area contributed by atoms with Crippen molar-refractivity contribution in [1.82, 2.24) is 0 Å². The Morgan fingerprint density at radius 3 is 2.63 bits per heavy atom. The van der Waals surface area contributed by atoms with Crippen molar-refractivity contribution in [3.05, 3.63) is 58.1 Å². The van der Waals surface area contributed by atoms with Gasteiger partial charge in [0.05, 0.1) is 4.92 Å². The van der Waals surface area contributed by atoms with E-state index in [2.05, 4.69) is 10.6 Å². The molecule has 2 aromatic rings. The van der Waals surface area contributed by atoms with Crippen LogP contribution in [-0.2, 0) is 9.59 Å². The predicted molar refractivity (Wildman–Crippen MR) is 99.8 cm³/mol. The van der Waals surface area contributed by atoms with Gasteiger partial charge in [0, 0.05) is 23.4 Å². The van der Waals surface area contributed by atoms with Gasteiger partial charge in [-0.15, -0.1) is 0 Å². The number of nitrogens with zero attached hydrogens (tertiary/aromatic N) is 1. The maximum atomic E-state index is 12.1. The lowest BCUT2D eigenvalue weighted by Crippen LogP contribution is -2.21. The molecule has 0 aliphatic heterocycles. The number of ether oxygens (including phenoxy) is 1. The van der Waals surface area contributed by atoms with Gasteiger partial charge in [-0.05, 0) is 43.5 Å². The summed E-state index contributed by atoms with van der Waals surface area (Å²) in [5.41, 5.74) is 1.83. The molecule has 0 heterocycles. The normalized spacial score (nSPS) is 12.9. The monoisotopic (exact) mass is 369 g/mol. The highest BCUT2D eigenvalue weighted by Crippen LogP contribution is 2.31. The number of hydrogen-bond donors (Lipinski definition) is 2. The molecule has 0 unspecified atom stereocenters. The van der Waals surface area contributed by atoms with Crippen molar-refractivity contribution in [2.24, 2.45) is 5.92 Å². The van der Waals surface area contributed by atoms with Crippen LogP contribution >= 0.6 is 0 Å². The Hall–Kier alpha value is -3.42. The van der Waals surface area contributed by atoms with E-state index in [1.807, 2.05) is 6.92 Å². The van der Waals surface area contributed by atoms with Gasteiger partial charge in [0.15, 0.2) is 12.4 Å². The van der Waals surface area contributed by atoms with Crippen molar-refractivity contribution >= 4 is 28.9 Å². The molecular weight excluding hydrogens is 350 g/mol. The van der Waals surface area contributed by atoms with Crippen LogP contribution in [-0.4, -0.2) is 23.3 Å². The first-order chi connectivity index (χ1) is 12.9. The minimum Gasteiger partial charge on any atom is -0.477 e. The third-order valence-corrected chi connectivity index (χ3v) is 4.15. The minimum absolute atomic E-state index is 0.0127. The lowest BCUT2D eigenvalue weighted by atomic mass is 10.1. The topological polar surface area (TPSA) is 111 Å². The molecule has 8 nitrogen and oxygen atoms in total. The van der Waals surface area contributed by atoms with Crippen molar-refractivity contribution in [1.29, 1.82) is 0 Å². The van der Waals surface area contributed by atoms with Crippen LogP contribution in [0.15, 0.2) is 42.5 Å². The van der Waals surface area contributed by atoms with E-state index in [0.717, 1.165) is 18.4 Å². The number of benzene rings is 2. The molecule has 0 radical (unpaired) electrons. The van der Waals surface area contributed by atoms with Crippen LogP contribution in [0.4, 0.5) is 17.1 Å². The number of nitro benzene ring substituents is 1. The molecule has 1 aliphatic carbocycles. The van der Waals surface area contributed by atoms with Crippen LogP contribution in [0, 0.1) is 23.0 Å². The fraction of sp³-hybridized carbons (Fsp3) is 0.263. The van der Waals surface area contributed by atoms with Crippen LogP contribution in [0.25, 0.3) is 0 Å². The summed E-state index contributed by atoms with van der Waals surface area (Å²) in [7, 11) is 0. The van der Waals surface area contributed by atoms with Crippen LogP contribution in [0.1, 0.15) is 18.4 Å². The number of anilines is 2. The third-order valence-electron chi connectivity index (χ3n) is 4.15.